The van der Waals surface area contributed by atoms with Gasteiger partial charge in [0.1, 0.15) is 5.82 Å². The first-order valence-corrected chi connectivity index (χ1v) is 5.93. The van der Waals surface area contributed by atoms with E-state index in [1.54, 1.807) is 0 Å². The number of hydrogen-bond donors (Lipinski definition) is 0. The summed E-state index contributed by atoms with van der Waals surface area (Å²) in [6.07, 6.45) is 7.87. The third-order valence-electron chi connectivity index (χ3n) is 3.36. The second-order valence-corrected chi connectivity index (χ2v) is 4.74. The molecule has 1 aromatic heterocycles. The van der Waals surface area contributed by atoms with Gasteiger partial charge in [0.25, 0.3) is 0 Å². The maximum atomic E-state index is 4.49. The van der Waals surface area contributed by atoms with Gasteiger partial charge < -0.3 is 4.57 Å². The van der Waals surface area contributed by atoms with Gasteiger partial charge in [0.2, 0.25) is 0 Å². The summed E-state index contributed by atoms with van der Waals surface area (Å²) in [6.45, 7) is 5.78. The van der Waals surface area contributed by atoms with Crippen molar-refractivity contribution < 1.29 is 0 Å². The van der Waals surface area contributed by atoms with Crippen molar-refractivity contribution in [2.75, 3.05) is 6.54 Å². The van der Waals surface area contributed by atoms with Crippen molar-refractivity contribution in [2.24, 2.45) is 7.05 Å². The summed E-state index contributed by atoms with van der Waals surface area (Å²) >= 11 is 0. The predicted octanol–water partition coefficient (Wildman–Crippen LogP) is 2.36. The van der Waals surface area contributed by atoms with Crippen LogP contribution < -0.4 is 0 Å². The molecule has 0 bridgehead atoms. The summed E-state index contributed by atoms with van der Waals surface area (Å²) in [5.41, 5.74) is 0. The summed E-state index contributed by atoms with van der Waals surface area (Å²) in [7, 11) is 2.09. The molecule has 0 saturated carbocycles. The van der Waals surface area contributed by atoms with Gasteiger partial charge in [-0.1, -0.05) is 6.42 Å². The Hall–Kier alpha value is -0.830. The Morgan fingerprint density at radius 1 is 1.40 bits per heavy atom. The van der Waals surface area contributed by atoms with Gasteiger partial charge in [0.05, 0.1) is 6.04 Å². The second-order valence-electron chi connectivity index (χ2n) is 4.74. The van der Waals surface area contributed by atoms with Gasteiger partial charge in [-0.15, -0.1) is 0 Å². The highest BCUT2D eigenvalue weighted by Gasteiger charge is 2.28. The van der Waals surface area contributed by atoms with Gasteiger partial charge in [-0.05, 0) is 33.2 Å². The topological polar surface area (TPSA) is 21.1 Å². The Morgan fingerprint density at radius 3 is 2.80 bits per heavy atom. The van der Waals surface area contributed by atoms with E-state index in [4.69, 9.17) is 0 Å². The maximum Gasteiger partial charge on any atom is 0.125 e. The molecule has 15 heavy (non-hydrogen) atoms. The van der Waals surface area contributed by atoms with Crippen molar-refractivity contribution >= 4 is 0 Å². The Kier molecular flexibility index (Phi) is 3.10. The van der Waals surface area contributed by atoms with Crippen LogP contribution in [0, 0.1) is 0 Å². The minimum Gasteiger partial charge on any atom is -0.337 e. The maximum absolute atomic E-state index is 4.49. The van der Waals surface area contributed by atoms with Crippen LogP contribution in [0.4, 0.5) is 0 Å². The van der Waals surface area contributed by atoms with E-state index in [9.17, 15) is 0 Å². The minimum atomic E-state index is 0.527. The zero-order chi connectivity index (χ0) is 10.8. The van der Waals surface area contributed by atoms with Gasteiger partial charge >= 0.3 is 0 Å². The quantitative estimate of drug-likeness (QED) is 0.742. The van der Waals surface area contributed by atoms with Crippen LogP contribution in [-0.2, 0) is 7.05 Å². The van der Waals surface area contributed by atoms with Gasteiger partial charge in [-0.2, -0.15) is 0 Å². The first kappa shape index (κ1) is 10.7. The molecule has 84 valence electrons. The molecule has 0 spiro atoms. The number of aromatic nitrogens is 2. The number of hydrogen-bond acceptors (Lipinski definition) is 2. The molecule has 3 nitrogen and oxygen atoms in total. The van der Waals surface area contributed by atoms with E-state index in [-0.39, 0.29) is 0 Å². The van der Waals surface area contributed by atoms with E-state index in [0.717, 1.165) is 0 Å². The van der Waals surface area contributed by atoms with Crippen LogP contribution in [0.2, 0.25) is 0 Å². The molecule has 1 unspecified atom stereocenters. The first-order chi connectivity index (χ1) is 7.20. The third kappa shape index (κ3) is 2.07. The lowest BCUT2D eigenvalue weighted by atomic mass is 10.00. The highest BCUT2D eigenvalue weighted by molar-refractivity contribution is 5.01. The summed E-state index contributed by atoms with van der Waals surface area (Å²) in [6, 6.07) is 1.14. The monoisotopic (exact) mass is 207 g/mol. The number of rotatable bonds is 2. The van der Waals surface area contributed by atoms with E-state index in [2.05, 4.69) is 35.3 Å². The Balaban J connectivity index is 2.21. The van der Waals surface area contributed by atoms with Crippen LogP contribution in [0.1, 0.15) is 45.0 Å². The minimum absolute atomic E-state index is 0.527. The van der Waals surface area contributed by atoms with Gasteiger partial charge in [0.15, 0.2) is 0 Å². The number of likely N-dealkylation sites (tertiary alicyclic amines) is 1. The molecule has 0 aliphatic carbocycles. The molecule has 2 rings (SSSR count). The van der Waals surface area contributed by atoms with Crippen LogP contribution in [0.5, 0.6) is 0 Å². The summed E-state index contributed by atoms with van der Waals surface area (Å²) in [5, 5.41) is 0. The van der Waals surface area contributed by atoms with E-state index in [1.165, 1.54) is 31.6 Å². The summed E-state index contributed by atoms with van der Waals surface area (Å²) < 4.78 is 2.16. The fourth-order valence-electron chi connectivity index (χ4n) is 2.55. The lowest BCUT2D eigenvalue weighted by Crippen LogP contribution is -2.39. The van der Waals surface area contributed by atoms with Crippen LogP contribution in [-0.4, -0.2) is 27.0 Å². The smallest absolute Gasteiger partial charge is 0.125 e. The molecule has 1 aliphatic rings. The molecule has 0 amide bonds. The van der Waals surface area contributed by atoms with Crippen molar-refractivity contribution in [3.8, 4) is 0 Å². The normalized spacial score (nSPS) is 23.6. The zero-order valence-electron chi connectivity index (χ0n) is 9.98. The number of nitrogens with zero attached hydrogens (tertiary/aromatic N) is 3. The SMILES string of the molecule is CC(C)N1CCCCC1c1nccn1C. The summed E-state index contributed by atoms with van der Waals surface area (Å²) in [4.78, 5) is 7.07. The van der Waals surface area contributed by atoms with E-state index < -0.39 is 0 Å². The third-order valence-corrected chi connectivity index (χ3v) is 3.36. The van der Waals surface area contributed by atoms with Crippen molar-refractivity contribution in [3.05, 3.63) is 18.2 Å². The standard InChI is InChI=1S/C12H21N3/c1-10(2)15-8-5-4-6-11(15)12-13-7-9-14(12)3/h7,9-11H,4-6,8H2,1-3H3. The molecule has 1 aromatic rings. The Labute approximate surface area is 92.1 Å². The van der Waals surface area contributed by atoms with Crippen LogP contribution in [0.25, 0.3) is 0 Å². The highest BCUT2D eigenvalue weighted by Crippen LogP contribution is 2.30. The van der Waals surface area contributed by atoms with Gasteiger partial charge in [-0.25, -0.2) is 4.98 Å². The molecule has 1 saturated heterocycles. The van der Waals surface area contributed by atoms with Gasteiger partial charge in [-0.3, -0.25) is 4.90 Å². The molecular weight excluding hydrogens is 186 g/mol. The lowest BCUT2D eigenvalue weighted by Gasteiger charge is -2.38. The number of imidazole rings is 1. The number of piperidine rings is 1. The molecule has 3 heteroatoms. The molecule has 1 atom stereocenters. The average molecular weight is 207 g/mol. The highest BCUT2D eigenvalue weighted by atomic mass is 15.2. The van der Waals surface area contributed by atoms with Crippen LogP contribution >= 0.6 is 0 Å². The van der Waals surface area contributed by atoms with E-state index in [0.29, 0.717) is 12.1 Å². The van der Waals surface area contributed by atoms with Crippen LogP contribution in [0.15, 0.2) is 12.4 Å². The summed E-state index contributed by atoms with van der Waals surface area (Å²) in [5.74, 6) is 1.23. The molecule has 0 aromatic carbocycles. The Morgan fingerprint density at radius 2 is 2.20 bits per heavy atom. The van der Waals surface area contributed by atoms with Crippen LogP contribution in [0.3, 0.4) is 0 Å². The molecule has 2 heterocycles. The van der Waals surface area contributed by atoms with Crippen molar-refractivity contribution in [1.82, 2.24) is 14.5 Å². The molecule has 1 aliphatic heterocycles. The van der Waals surface area contributed by atoms with Gasteiger partial charge in [0, 0.05) is 25.5 Å². The average Bonchev–Trinajstić information content (AvgIpc) is 2.64. The fraction of sp³-hybridized carbons (Fsp3) is 0.750. The largest absolute Gasteiger partial charge is 0.337 e. The fourth-order valence-corrected chi connectivity index (χ4v) is 2.55. The van der Waals surface area contributed by atoms with Crippen molar-refractivity contribution in [1.29, 1.82) is 0 Å². The number of aryl methyl sites for hydroxylation is 1. The zero-order valence-corrected chi connectivity index (χ0v) is 9.98. The first-order valence-electron chi connectivity index (χ1n) is 5.93. The molecule has 1 fully saturated rings. The van der Waals surface area contributed by atoms with Crippen molar-refractivity contribution in [3.63, 3.8) is 0 Å². The Bertz CT molecular complexity index is 316. The van der Waals surface area contributed by atoms with E-state index in [1.807, 2.05) is 12.4 Å². The van der Waals surface area contributed by atoms with Crippen molar-refractivity contribution in [2.45, 2.75) is 45.2 Å². The molecule has 0 radical (unpaired) electrons. The second kappa shape index (κ2) is 4.35. The molecule has 0 N–H and O–H groups in total. The van der Waals surface area contributed by atoms with E-state index >= 15 is 0 Å². The predicted molar refractivity (Wildman–Crippen MR) is 61.6 cm³/mol. The molecular formula is C12H21N3. The lowest BCUT2D eigenvalue weighted by molar-refractivity contribution is 0.104.